The summed E-state index contributed by atoms with van der Waals surface area (Å²) in [4.78, 5) is 11.9. The van der Waals surface area contributed by atoms with E-state index in [1.54, 1.807) is 0 Å². The molecule has 0 fully saturated rings. The number of carbonyl (C=O) groups is 1. The summed E-state index contributed by atoms with van der Waals surface area (Å²) in [7, 11) is 0. The van der Waals surface area contributed by atoms with Crippen molar-refractivity contribution < 1.29 is 4.79 Å². The number of amides is 1. The number of hydrazone groups is 1. The summed E-state index contributed by atoms with van der Waals surface area (Å²) in [5.74, 6) is -0.172. The fourth-order valence-electron chi connectivity index (χ4n) is 2.33. The van der Waals surface area contributed by atoms with E-state index in [1.165, 1.54) is 11.1 Å². The average molecular weight is 309 g/mol. The summed E-state index contributed by atoms with van der Waals surface area (Å²) in [5.41, 5.74) is 9.01. The molecular formula is C19H23N3O. The molecule has 0 radical (unpaired) electrons. The molecule has 120 valence electrons. The van der Waals surface area contributed by atoms with Gasteiger partial charge in [0.15, 0.2) is 0 Å². The largest absolute Gasteiger partial charge is 0.376 e. The van der Waals surface area contributed by atoms with Crippen molar-refractivity contribution in [3.63, 3.8) is 0 Å². The number of carbonyl (C=O) groups excluding carboxylic acids is 1. The Balaban J connectivity index is 1.96. The van der Waals surface area contributed by atoms with Crippen LogP contribution in [0.15, 0.2) is 47.6 Å². The maximum Gasteiger partial charge on any atom is 0.259 e. The Labute approximate surface area is 137 Å². The minimum Gasteiger partial charge on any atom is -0.376 e. The molecule has 0 saturated heterocycles. The second-order valence-electron chi connectivity index (χ2n) is 5.70. The van der Waals surface area contributed by atoms with Crippen LogP contribution in [-0.2, 0) is 4.79 Å². The Morgan fingerprint density at radius 1 is 1.00 bits per heavy atom. The summed E-state index contributed by atoms with van der Waals surface area (Å²) < 4.78 is 0. The molecule has 23 heavy (non-hydrogen) atoms. The number of nitrogens with one attached hydrogen (secondary N) is 2. The topological polar surface area (TPSA) is 53.5 Å². The van der Waals surface area contributed by atoms with Gasteiger partial charge in [0, 0.05) is 11.3 Å². The summed E-state index contributed by atoms with van der Waals surface area (Å²) in [6, 6.07) is 13.9. The van der Waals surface area contributed by atoms with Crippen molar-refractivity contribution in [1.82, 2.24) is 5.43 Å². The van der Waals surface area contributed by atoms with Crippen molar-refractivity contribution >= 4 is 17.3 Å². The molecule has 0 heterocycles. The van der Waals surface area contributed by atoms with Crippen molar-refractivity contribution in [3.05, 3.63) is 64.7 Å². The third-order valence-electron chi connectivity index (χ3n) is 3.81. The van der Waals surface area contributed by atoms with Gasteiger partial charge in [0.25, 0.3) is 5.91 Å². The van der Waals surface area contributed by atoms with Gasteiger partial charge in [0.1, 0.15) is 0 Å². The summed E-state index contributed by atoms with van der Waals surface area (Å²) in [6.45, 7) is 8.32. The van der Waals surface area contributed by atoms with Crippen LogP contribution in [0.5, 0.6) is 0 Å². The molecule has 2 aromatic rings. The van der Waals surface area contributed by atoms with Crippen LogP contribution in [0.25, 0.3) is 0 Å². The molecule has 4 heteroatoms. The normalized spacial score (nSPS) is 11.2. The number of aryl methyl sites for hydroxylation is 3. The van der Waals surface area contributed by atoms with Gasteiger partial charge < -0.3 is 5.32 Å². The first-order valence-corrected chi connectivity index (χ1v) is 7.67. The molecule has 2 N–H and O–H groups in total. The van der Waals surface area contributed by atoms with Crippen LogP contribution < -0.4 is 10.7 Å². The quantitative estimate of drug-likeness (QED) is 0.655. The lowest BCUT2D eigenvalue weighted by molar-refractivity contribution is -0.119. The van der Waals surface area contributed by atoms with Gasteiger partial charge in [-0.15, -0.1) is 0 Å². The van der Waals surface area contributed by atoms with Gasteiger partial charge in [0.05, 0.1) is 12.3 Å². The van der Waals surface area contributed by atoms with Crippen LogP contribution >= 0.6 is 0 Å². The first-order valence-electron chi connectivity index (χ1n) is 7.67. The minimum atomic E-state index is -0.172. The number of para-hydroxylation sites is 1. The molecule has 4 nitrogen and oxygen atoms in total. The van der Waals surface area contributed by atoms with Crippen molar-refractivity contribution in [2.75, 3.05) is 11.9 Å². The molecular weight excluding hydrogens is 286 g/mol. The van der Waals surface area contributed by atoms with Crippen LogP contribution in [0.2, 0.25) is 0 Å². The van der Waals surface area contributed by atoms with Crippen molar-refractivity contribution in [2.24, 2.45) is 5.10 Å². The predicted molar refractivity (Wildman–Crippen MR) is 95.9 cm³/mol. The lowest BCUT2D eigenvalue weighted by Gasteiger charge is -2.10. The van der Waals surface area contributed by atoms with Crippen LogP contribution in [0.3, 0.4) is 0 Å². The molecule has 0 saturated carbocycles. The average Bonchev–Trinajstić information content (AvgIpc) is 2.55. The highest BCUT2D eigenvalue weighted by atomic mass is 16.2. The Bertz CT molecular complexity index is 721. The molecule has 0 aliphatic heterocycles. The van der Waals surface area contributed by atoms with E-state index in [0.29, 0.717) is 0 Å². The highest BCUT2D eigenvalue weighted by Crippen LogP contribution is 2.16. The lowest BCUT2D eigenvalue weighted by atomic mass is 9.98. The first kappa shape index (κ1) is 16.7. The van der Waals surface area contributed by atoms with E-state index in [4.69, 9.17) is 0 Å². The van der Waals surface area contributed by atoms with Gasteiger partial charge >= 0.3 is 0 Å². The van der Waals surface area contributed by atoms with Gasteiger partial charge in [-0.3, -0.25) is 4.79 Å². The molecule has 2 aromatic carbocycles. The van der Waals surface area contributed by atoms with E-state index < -0.39 is 0 Å². The third-order valence-corrected chi connectivity index (χ3v) is 3.81. The molecule has 0 unspecified atom stereocenters. The summed E-state index contributed by atoms with van der Waals surface area (Å²) >= 11 is 0. The Hall–Kier alpha value is -2.62. The van der Waals surface area contributed by atoms with E-state index >= 15 is 0 Å². The highest BCUT2D eigenvalue weighted by Gasteiger charge is 2.06. The predicted octanol–water partition coefficient (Wildman–Crippen LogP) is 3.56. The monoisotopic (exact) mass is 309 g/mol. The van der Waals surface area contributed by atoms with Crippen LogP contribution in [0, 0.1) is 20.8 Å². The number of hydrogen-bond donors (Lipinski definition) is 2. The van der Waals surface area contributed by atoms with Gasteiger partial charge in [-0.05, 0) is 62.6 Å². The van der Waals surface area contributed by atoms with E-state index in [9.17, 15) is 4.79 Å². The minimum absolute atomic E-state index is 0.172. The Kier molecular flexibility index (Phi) is 5.52. The van der Waals surface area contributed by atoms with E-state index in [1.807, 2.05) is 37.3 Å². The number of benzene rings is 2. The zero-order valence-electron chi connectivity index (χ0n) is 14.1. The fourth-order valence-corrected chi connectivity index (χ4v) is 2.33. The van der Waals surface area contributed by atoms with Gasteiger partial charge in [-0.2, -0.15) is 5.10 Å². The highest BCUT2D eigenvalue weighted by molar-refractivity contribution is 6.00. The number of anilines is 1. The molecule has 0 aromatic heterocycles. The van der Waals surface area contributed by atoms with Crippen molar-refractivity contribution in [2.45, 2.75) is 27.7 Å². The molecule has 1 amide bonds. The molecule has 0 atom stereocenters. The second-order valence-corrected chi connectivity index (χ2v) is 5.70. The molecule has 0 aliphatic rings. The van der Waals surface area contributed by atoms with E-state index in [2.05, 4.69) is 48.7 Å². The maximum absolute atomic E-state index is 11.9. The van der Waals surface area contributed by atoms with Crippen molar-refractivity contribution in [1.29, 1.82) is 0 Å². The van der Waals surface area contributed by atoms with E-state index in [-0.39, 0.29) is 12.5 Å². The molecule has 0 bridgehead atoms. The van der Waals surface area contributed by atoms with E-state index in [0.717, 1.165) is 22.5 Å². The van der Waals surface area contributed by atoms with Crippen LogP contribution in [0.4, 0.5) is 5.69 Å². The second kappa shape index (κ2) is 7.58. The first-order chi connectivity index (χ1) is 11.0. The lowest BCUT2D eigenvalue weighted by Crippen LogP contribution is -2.26. The van der Waals surface area contributed by atoms with Gasteiger partial charge in [0.2, 0.25) is 0 Å². The molecule has 0 spiro atoms. The zero-order chi connectivity index (χ0) is 16.8. The van der Waals surface area contributed by atoms with Gasteiger partial charge in [-0.25, -0.2) is 5.43 Å². The Morgan fingerprint density at radius 3 is 2.35 bits per heavy atom. The van der Waals surface area contributed by atoms with Crippen LogP contribution in [-0.4, -0.2) is 18.2 Å². The molecule has 2 rings (SSSR count). The summed E-state index contributed by atoms with van der Waals surface area (Å²) in [6.07, 6.45) is 0. The number of rotatable bonds is 5. The Morgan fingerprint density at radius 2 is 1.65 bits per heavy atom. The zero-order valence-corrected chi connectivity index (χ0v) is 14.1. The van der Waals surface area contributed by atoms with Crippen molar-refractivity contribution in [3.8, 4) is 0 Å². The number of nitrogens with zero attached hydrogens (tertiary/aromatic N) is 1. The standard InChI is InChI=1S/C19H23N3O/c1-13-10-15(3)18(11-14(13)2)16(4)21-22-19(23)12-20-17-8-6-5-7-9-17/h5-11,20H,12H2,1-4H3,(H,22,23)/b21-16-. The molecule has 0 aliphatic carbocycles. The maximum atomic E-state index is 11.9. The van der Waals surface area contributed by atoms with Crippen LogP contribution in [0.1, 0.15) is 29.2 Å². The smallest absolute Gasteiger partial charge is 0.259 e. The van der Waals surface area contributed by atoms with Gasteiger partial charge in [-0.1, -0.05) is 24.3 Å². The fraction of sp³-hybridized carbons (Fsp3) is 0.263. The number of hydrogen-bond acceptors (Lipinski definition) is 3. The third kappa shape index (κ3) is 4.68. The summed E-state index contributed by atoms with van der Waals surface area (Å²) in [5, 5.41) is 7.27. The SMILES string of the molecule is C/C(=N/NC(=O)CNc1ccccc1)c1cc(C)c(C)cc1C.